The normalized spacial score (nSPS) is 20.4. The van der Waals surface area contributed by atoms with Gasteiger partial charge in [-0.2, -0.15) is 0 Å². The summed E-state index contributed by atoms with van der Waals surface area (Å²) in [4.78, 5) is 14.4. The zero-order valence-electron chi connectivity index (χ0n) is 12.2. The molecule has 116 valence electrons. The Morgan fingerprint density at radius 3 is 2.90 bits per heavy atom. The second kappa shape index (κ2) is 7.48. The van der Waals surface area contributed by atoms with Crippen molar-refractivity contribution in [3.63, 3.8) is 0 Å². The summed E-state index contributed by atoms with van der Waals surface area (Å²) < 4.78 is 0. The van der Waals surface area contributed by atoms with E-state index in [9.17, 15) is 9.90 Å². The quantitative estimate of drug-likeness (QED) is 0.919. The fourth-order valence-corrected chi connectivity index (χ4v) is 3.32. The van der Waals surface area contributed by atoms with Crippen LogP contribution in [-0.4, -0.2) is 35.6 Å². The highest BCUT2D eigenvalue weighted by molar-refractivity contribution is 6.35. The van der Waals surface area contributed by atoms with Gasteiger partial charge >= 0.3 is 0 Å². The maximum absolute atomic E-state index is 12.5. The van der Waals surface area contributed by atoms with Crippen molar-refractivity contribution in [3.8, 4) is 0 Å². The Morgan fingerprint density at radius 1 is 1.48 bits per heavy atom. The molecule has 1 heterocycles. The molecule has 2 rings (SSSR count). The van der Waals surface area contributed by atoms with Crippen molar-refractivity contribution in [2.24, 2.45) is 11.8 Å². The minimum atomic E-state index is -0.124. The standard InChI is InChI=1S/C16H21Cl2NO2/c1-11(7-13-4-5-14(17)8-15(13)18)16(21)19-6-2-3-12(9-19)10-20/h4-5,8,11-12,20H,2-3,6-7,9-10H2,1H3. The van der Waals surface area contributed by atoms with E-state index in [1.165, 1.54) is 0 Å². The second-order valence-electron chi connectivity index (χ2n) is 5.82. The molecule has 5 heteroatoms. The Labute approximate surface area is 135 Å². The van der Waals surface area contributed by atoms with Gasteiger partial charge in [-0.3, -0.25) is 4.79 Å². The number of nitrogens with zero attached hydrogens (tertiary/aromatic N) is 1. The van der Waals surface area contributed by atoms with E-state index in [2.05, 4.69) is 0 Å². The second-order valence-corrected chi connectivity index (χ2v) is 6.66. The molecule has 1 fully saturated rings. The summed E-state index contributed by atoms with van der Waals surface area (Å²) in [5.41, 5.74) is 0.942. The number of amides is 1. The van der Waals surface area contributed by atoms with Crippen LogP contribution in [0.2, 0.25) is 10.0 Å². The van der Waals surface area contributed by atoms with Crippen LogP contribution in [0.25, 0.3) is 0 Å². The number of piperidine rings is 1. The van der Waals surface area contributed by atoms with Crippen LogP contribution in [0.3, 0.4) is 0 Å². The molecule has 1 aliphatic heterocycles. The molecule has 0 saturated carbocycles. The van der Waals surface area contributed by atoms with Gasteiger partial charge in [-0.25, -0.2) is 0 Å². The van der Waals surface area contributed by atoms with Crippen LogP contribution >= 0.6 is 23.2 Å². The van der Waals surface area contributed by atoms with E-state index in [1.807, 2.05) is 17.9 Å². The smallest absolute Gasteiger partial charge is 0.225 e. The Kier molecular flexibility index (Phi) is 5.91. The van der Waals surface area contributed by atoms with Crippen molar-refractivity contribution in [3.05, 3.63) is 33.8 Å². The zero-order valence-corrected chi connectivity index (χ0v) is 13.7. The molecule has 2 atom stereocenters. The molecule has 1 aromatic carbocycles. The number of hydrogen-bond acceptors (Lipinski definition) is 2. The van der Waals surface area contributed by atoms with Crippen LogP contribution in [0.1, 0.15) is 25.3 Å². The van der Waals surface area contributed by atoms with E-state index in [-0.39, 0.29) is 24.3 Å². The van der Waals surface area contributed by atoms with Crippen LogP contribution in [0.5, 0.6) is 0 Å². The predicted molar refractivity (Wildman–Crippen MR) is 85.7 cm³/mol. The summed E-state index contributed by atoms with van der Waals surface area (Å²) in [6, 6.07) is 5.38. The number of carbonyl (C=O) groups excluding carboxylic acids is 1. The van der Waals surface area contributed by atoms with E-state index in [0.29, 0.717) is 23.0 Å². The first kappa shape index (κ1) is 16.6. The number of benzene rings is 1. The van der Waals surface area contributed by atoms with Crippen LogP contribution in [0.4, 0.5) is 0 Å². The van der Waals surface area contributed by atoms with Gasteiger partial charge in [-0.05, 0) is 42.9 Å². The molecule has 2 unspecified atom stereocenters. The Bertz CT molecular complexity index is 507. The molecule has 0 radical (unpaired) electrons. The lowest BCUT2D eigenvalue weighted by Gasteiger charge is -2.33. The molecule has 1 amide bonds. The summed E-state index contributed by atoms with van der Waals surface area (Å²) in [7, 11) is 0. The largest absolute Gasteiger partial charge is 0.396 e. The lowest BCUT2D eigenvalue weighted by molar-refractivity contribution is -0.137. The highest BCUT2D eigenvalue weighted by Crippen LogP contribution is 2.25. The van der Waals surface area contributed by atoms with E-state index < -0.39 is 0 Å². The number of halogens is 2. The van der Waals surface area contributed by atoms with Crippen molar-refractivity contribution < 1.29 is 9.90 Å². The zero-order chi connectivity index (χ0) is 15.4. The Balaban J connectivity index is 1.99. The third-order valence-electron chi connectivity index (χ3n) is 4.05. The molecule has 21 heavy (non-hydrogen) atoms. The number of aliphatic hydroxyl groups is 1. The van der Waals surface area contributed by atoms with Gasteiger partial charge in [-0.15, -0.1) is 0 Å². The number of hydrogen-bond donors (Lipinski definition) is 1. The van der Waals surface area contributed by atoms with Crippen LogP contribution in [0, 0.1) is 11.8 Å². The first-order chi connectivity index (χ1) is 10.0. The van der Waals surface area contributed by atoms with Crippen LogP contribution < -0.4 is 0 Å². The fourth-order valence-electron chi connectivity index (χ4n) is 2.83. The predicted octanol–water partition coefficient (Wildman–Crippen LogP) is 3.40. The number of aliphatic hydroxyl groups excluding tert-OH is 1. The monoisotopic (exact) mass is 329 g/mol. The molecular formula is C16H21Cl2NO2. The summed E-state index contributed by atoms with van der Waals surface area (Å²) in [5.74, 6) is 0.231. The average Bonchev–Trinajstić information content (AvgIpc) is 2.49. The van der Waals surface area contributed by atoms with Crippen molar-refractivity contribution in [1.29, 1.82) is 0 Å². The van der Waals surface area contributed by atoms with Crippen molar-refractivity contribution in [1.82, 2.24) is 4.90 Å². The van der Waals surface area contributed by atoms with Gasteiger partial charge in [0.25, 0.3) is 0 Å². The van der Waals surface area contributed by atoms with E-state index in [0.717, 1.165) is 24.9 Å². The lowest BCUT2D eigenvalue weighted by atomic mass is 9.95. The van der Waals surface area contributed by atoms with E-state index in [4.69, 9.17) is 23.2 Å². The Morgan fingerprint density at radius 2 is 2.24 bits per heavy atom. The average molecular weight is 330 g/mol. The maximum atomic E-state index is 12.5. The molecule has 1 aromatic rings. The summed E-state index contributed by atoms with van der Waals surface area (Å²) >= 11 is 12.1. The SMILES string of the molecule is CC(Cc1ccc(Cl)cc1Cl)C(=O)N1CCCC(CO)C1. The molecule has 0 aromatic heterocycles. The van der Waals surface area contributed by atoms with Gasteiger partial charge in [0.1, 0.15) is 0 Å². The third-order valence-corrected chi connectivity index (χ3v) is 4.64. The molecule has 0 aliphatic carbocycles. The highest BCUT2D eigenvalue weighted by atomic mass is 35.5. The molecule has 3 nitrogen and oxygen atoms in total. The minimum Gasteiger partial charge on any atom is -0.396 e. The minimum absolute atomic E-state index is 0.124. The summed E-state index contributed by atoms with van der Waals surface area (Å²) in [6.45, 7) is 3.53. The van der Waals surface area contributed by atoms with Gasteiger partial charge in [-0.1, -0.05) is 36.2 Å². The van der Waals surface area contributed by atoms with E-state index in [1.54, 1.807) is 12.1 Å². The van der Waals surface area contributed by atoms with Gasteiger partial charge in [0.15, 0.2) is 0 Å². The molecular weight excluding hydrogens is 309 g/mol. The maximum Gasteiger partial charge on any atom is 0.225 e. The van der Waals surface area contributed by atoms with Gasteiger partial charge in [0.2, 0.25) is 5.91 Å². The first-order valence-corrected chi connectivity index (χ1v) is 8.10. The molecule has 1 aliphatic rings. The van der Waals surface area contributed by atoms with Gasteiger partial charge < -0.3 is 10.0 Å². The topological polar surface area (TPSA) is 40.5 Å². The lowest BCUT2D eigenvalue weighted by Crippen LogP contribution is -2.43. The molecule has 0 bridgehead atoms. The van der Waals surface area contributed by atoms with Crippen molar-refractivity contribution >= 4 is 29.1 Å². The number of likely N-dealkylation sites (tertiary alicyclic amines) is 1. The summed E-state index contributed by atoms with van der Waals surface area (Å²) in [6.07, 6.45) is 2.57. The molecule has 0 spiro atoms. The van der Waals surface area contributed by atoms with Crippen molar-refractivity contribution in [2.75, 3.05) is 19.7 Å². The van der Waals surface area contributed by atoms with E-state index >= 15 is 0 Å². The number of carbonyl (C=O) groups is 1. The third kappa shape index (κ3) is 4.35. The first-order valence-electron chi connectivity index (χ1n) is 7.34. The van der Waals surface area contributed by atoms with Crippen LogP contribution in [0.15, 0.2) is 18.2 Å². The summed E-state index contributed by atoms with van der Waals surface area (Å²) in [5, 5.41) is 10.5. The van der Waals surface area contributed by atoms with Gasteiger partial charge in [0, 0.05) is 35.7 Å². The molecule has 1 N–H and O–H groups in total. The number of rotatable bonds is 4. The van der Waals surface area contributed by atoms with Crippen LogP contribution in [-0.2, 0) is 11.2 Å². The molecule has 1 saturated heterocycles. The van der Waals surface area contributed by atoms with Gasteiger partial charge in [0.05, 0.1) is 0 Å². The Hall–Kier alpha value is -0.770. The fraction of sp³-hybridized carbons (Fsp3) is 0.562. The highest BCUT2D eigenvalue weighted by Gasteiger charge is 2.26. The van der Waals surface area contributed by atoms with Crippen molar-refractivity contribution in [2.45, 2.75) is 26.2 Å².